The normalized spacial score (nSPS) is 17.1. The second-order valence-electron chi connectivity index (χ2n) is 5.85. The second-order valence-corrected chi connectivity index (χ2v) is 7.81. The van der Waals surface area contributed by atoms with Crippen molar-refractivity contribution in [3.63, 3.8) is 0 Å². The van der Waals surface area contributed by atoms with Gasteiger partial charge in [0.2, 0.25) is 0 Å². The van der Waals surface area contributed by atoms with Crippen LogP contribution in [-0.2, 0) is 15.6 Å². The summed E-state index contributed by atoms with van der Waals surface area (Å²) < 4.78 is 25.5. The Morgan fingerprint density at radius 2 is 1.75 bits per heavy atom. The first-order valence-electron chi connectivity index (χ1n) is 8.29. The van der Waals surface area contributed by atoms with E-state index in [-0.39, 0.29) is 5.75 Å². The molecule has 1 heterocycles. The number of rotatable bonds is 5. The Hall–Kier alpha value is -1.98. The first kappa shape index (κ1) is 16.9. The Labute approximate surface area is 143 Å². The molecule has 0 aromatic heterocycles. The summed E-state index contributed by atoms with van der Waals surface area (Å²) in [6.07, 6.45) is 0.925. The first-order valence-corrected chi connectivity index (χ1v) is 9.94. The number of hydrogen-bond acceptors (Lipinski definition) is 4. The van der Waals surface area contributed by atoms with E-state index in [0.717, 1.165) is 36.3 Å². The monoisotopic (exact) mass is 342 g/mol. The van der Waals surface area contributed by atoms with Crippen LogP contribution < -0.4 is 5.32 Å². The third kappa shape index (κ3) is 3.42. The smallest absolute Gasteiger partial charge is 0.183 e. The number of fused-ring (bicyclic) bond motifs is 2. The average Bonchev–Trinajstić information content (AvgIpc) is 2.67. The zero-order valence-electron chi connectivity index (χ0n) is 13.8. The van der Waals surface area contributed by atoms with Crippen LogP contribution in [0, 0.1) is 0 Å². The number of sulfone groups is 1. The van der Waals surface area contributed by atoms with Crippen LogP contribution >= 0.6 is 0 Å². The van der Waals surface area contributed by atoms with Crippen LogP contribution in [0.25, 0.3) is 0 Å². The van der Waals surface area contributed by atoms with Gasteiger partial charge in [0.25, 0.3) is 0 Å². The van der Waals surface area contributed by atoms with Crippen molar-refractivity contribution in [2.24, 2.45) is 4.99 Å². The average molecular weight is 342 g/mol. The van der Waals surface area contributed by atoms with Gasteiger partial charge in [0, 0.05) is 17.7 Å². The van der Waals surface area contributed by atoms with Crippen LogP contribution in [0.3, 0.4) is 0 Å². The van der Waals surface area contributed by atoms with Crippen LogP contribution in [0.5, 0.6) is 0 Å². The minimum Gasteiger partial charge on any atom is -0.317 e. The van der Waals surface area contributed by atoms with Gasteiger partial charge in [-0.3, -0.25) is 4.99 Å². The Morgan fingerprint density at radius 1 is 1.04 bits per heavy atom. The van der Waals surface area contributed by atoms with Crippen molar-refractivity contribution in [2.45, 2.75) is 24.0 Å². The maximum absolute atomic E-state index is 12.8. The molecule has 0 bridgehead atoms. The minimum absolute atomic E-state index is 0.0244. The lowest BCUT2D eigenvalue weighted by molar-refractivity contribution is 0.595. The first-order chi connectivity index (χ1) is 11.6. The van der Waals surface area contributed by atoms with E-state index in [9.17, 15) is 8.42 Å². The molecular weight excluding hydrogens is 320 g/mol. The van der Waals surface area contributed by atoms with Gasteiger partial charge in [0.1, 0.15) is 0 Å². The van der Waals surface area contributed by atoms with Crippen molar-refractivity contribution < 1.29 is 8.42 Å². The molecule has 0 amide bonds. The van der Waals surface area contributed by atoms with Gasteiger partial charge in [0.15, 0.2) is 9.84 Å². The van der Waals surface area contributed by atoms with Crippen LogP contribution in [0.4, 0.5) is 0 Å². The van der Waals surface area contributed by atoms with E-state index in [1.165, 1.54) is 0 Å². The topological polar surface area (TPSA) is 58.5 Å². The number of hydrogen-bond donors (Lipinski definition) is 1. The minimum atomic E-state index is -3.36. The maximum atomic E-state index is 12.8. The molecular formula is C19H22N2O2S. The predicted molar refractivity (Wildman–Crippen MR) is 97.4 cm³/mol. The standard InChI is InChI=1S/C19H22N2O2S/c1-2-20-12-7-13-21-19-16-9-4-3-8-15(16)14-24(22,23)18-11-6-5-10-17(18)19/h3-6,8-11,20H,2,7,12-14H2,1H3. The summed E-state index contributed by atoms with van der Waals surface area (Å²) in [5.74, 6) is 0.0244. The van der Waals surface area contributed by atoms with Crippen LogP contribution in [-0.4, -0.2) is 33.8 Å². The molecule has 0 unspecified atom stereocenters. The highest BCUT2D eigenvalue weighted by Gasteiger charge is 2.28. The fourth-order valence-corrected chi connectivity index (χ4v) is 4.58. The Balaban J connectivity index is 2.08. The lowest BCUT2D eigenvalue weighted by Gasteiger charge is -2.10. The van der Waals surface area contributed by atoms with Crippen molar-refractivity contribution in [1.82, 2.24) is 5.32 Å². The van der Waals surface area contributed by atoms with Gasteiger partial charge < -0.3 is 5.32 Å². The van der Waals surface area contributed by atoms with E-state index in [1.807, 2.05) is 36.4 Å². The van der Waals surface area contributed by atoms with Gasteiger partial charge in [-0.25, -0.2) is 8.42 Å². The molecule has 4 nitrogen and oxygen atoms in total. The molecule has 0 spiro atoms. The second kappa shape index (κ2) is 7.28. The van der Waals surface area contributed by atoms with E-state index in [1.54, 1.807) is 12.1 Å². The Morgan fingerprint density at radius 3 is 2.54 bits per heavy atom. The number of nitrogens with one attached hydrogen (secondary N) is 1. The summed E-state index contributed by atoms with van der Waals surface area (Å²) >= 11 is 0. The highest BCUT2D eigenvalue weighted by molar-refractivity contribution is 7.90. The molecule has 126 valence electrons. The van der Waals surface area contributed by atoms with Gasteiger partial charge in [-0.2, -0.15) is 0 Å². The molecule has 0 radical (unpaired) electrons. The van der Waals surface area contributed by atoms with Crippen LogP contribution in [0.2, 0.25) is 0 Å². The van der Waals surface area contributed by atoms with Gasteiger partial charge in [-0.1, -0.05) is 49.4 Å². The third-order valence-electron chi connectivity index (χ3n) is 4.13. The van der Waals surface area contributed by atoms with E-state index in [0.29, 0.717) is 17.0 Å². The van der Waals surface area contributed by atoms with E-state index >= 15 is 0 Å². The van der Waals surface area contributed by atoms with E-state index in [4.69, 9.17) is 4.99 Å². The van der Waals surface area contributed by atoms with Gasteiger partial charge in [0.05, 0.1) is 16.4 Å². The van der Waals surface area contributed by atoms with Gasteiger partial charge >= 0.3 is 0 Å². The molecule has 0 aliphatic carbocycles. The number of benzene rings is 2. The number of aliphatic imine (C=N–C) groups is 1. The van der Waals surface area contributed by atoms with Crippen molar-refractivity contribution >= 4 is 15.5 Å². The zero-order chi connectivity index (χ0) is 17.0. The summed E-state index contributed by atoms with van der Waals surface area (Å²) in [5.41, 5.74) is 3.25. The van der Waals surface area contributed by atoms with Gasteiger partial charge in [-0.05, 0) is 31.1 Å². The molecule has 1 aliphatic rings. The Bertz CT molecular complexity index is 857. The maximum Gasteiger partial charge on any atom is 0.183 e. The Kier molecular flexibility index (Phi) is 5.11. The van der Waals surface area contributed by atoms with Crippen molar-refractivity contribution in [1.29, 1.82) is 0 Å². The van der Waals surface area contributed by atoms with Gasteiger partial charge in [-0.15, -0.1) is 0 Å². The summed E-state index contributed by atoms with van der Waals surface area (Å²) in [6, 6.07) is 14.9. The molecule has 24 heavy (non-hydrogen) atoms. The van der Waals surface area contributed by atoms with Crippen molar-refractivity contribution in [3.05, 3.63) is 65.2 Å². The highest BCUT2D eigenvalue weighted by Crippen LogP contribution is 2.29. The largest absolute Gasteiger partial charge is 0.317 e. The number of nitrogens with zero attached hydrogens (tertiary/aromatic N) is 1. The van der Waals surface area contributed by atoms with Crippen LogP contribution in [0.15, 0.2) is 58.4 Å². The molecule has 1 aliphatic heterocycles. The highest BCUT2D eigenvalue weighted by atomic mass is 32.2. The lowest BCUT2D eigenvalue weighted by Crippen LogP contribution is -2.15. The molecule has 2 aromatic rings. The van der Waals surface area contributed by atoms with Crippen molar-refractivity contribution in [3.8, 4) is 0 Å². The molecule has 2 aromatic carbocycles. The molecule has 0 saturated carbocycles. The molecule has 3 rings (SSSR count). The molecule has 0 atom stereocenters. The fraction of sp³-hybridized carbons (Fsp3) is 0.316. The zero-order valence-corrected chi connectivity index (χ0v) is 14.6. The van der Waals surface area contributed by atoms with Crippen LogP contribution in [0.1, 0.15) is 30.0 Å². The summed E-state index contributed by atoms with van der Waals surface area (Å²) in [6.45, 7) is 4.61. The lowest BCUT2D eigenvalue weighted by atomic mass is 9.98. The third-order valence-corrected chi connectivity index (χ3v) is 5.84. The SMILES string of the molecule is CCNCCCN=C1c2ccccc2CS(=O)(=O)c2ccccc21. The van der Waals surface area contributed by atoms with E-state index in [2.05, 4.69) is 12.2 Å². The summed E-state index contributed by atoms with van der Waals surface area (Å²) in [4.78, 5) is 5.16. The summed E-state index contributed by atoms with van der Waals surface area (Å²) in [7, 11) is -3.36. The molecule has 1 N–H and O–H groups in total. The molecule has 0 fully saturated rings. The molecule has 5 heteroatoms. The van der Waals surface area contributed by atoms with Crippen molar-refractivity contribution in [2.75, 3.05) is 19.6 Å². The fourth-order valence-electron chi connectivity index (χ4n) is 2.98. The quantitative estimate of drug-likeness (QED) is 0.850. The summed E-state index contributed by atoms with van der Waals surface area (Å²) in [5, 5.41) is 3.28. The van der Waals surface area contributed by atoms with E-state index < -0.39 is 9.84 Å². The predicted octanol–water partition coefficient (Wildman–Crippen LogP) is 2.81. The molecule has 0 saturated heterocycles.